The molecule has 0 aromatic heterocycles. The lowest BCUT2D eigenvalue weighted by atomic mass is 10.1. The Morgan fingerprint density at radius 2 is 1.71 bits per heavy atom. The molecule has 0 saturated carbocycles. The number of methoxy groups -OCH3 is 1. The Morgan fingerprint density at radius 1 is 1.03 bits per heavy atom. The van der Waals surface area contributed by atoms with Gasteiger partial charge in [-0.05, 0) is 55.5 Å². The van der Waals surface area contributed by atoms with Crippen LogP contribution in [-0.2, 0) is 21.2 Å². The van der Waals surface area contributed by atoms with Crippen LogP contribution in [0.4, 0.5) is 0 Å². The number of likely N-dealkylation sites (tertiary alicyclic amines) is 1. The van der Waals surface area contributed by atoms with Crippen molar-refractivity contribution >= 4 is 15.9 Å². The fourth-order valence-corrected chi connectivity index (χ4v) is 5.39. The number of benzene rings is 2. The molecule has 2 aromatic carbocycles. The quantitative estimate of drug-likeness (QED) is 0.624. The number of hydrogen-bond acceptors (Lipinski definition) is 4. The van der Waals surface area contributed by atoms with Crippen molar-refractivity contribution in [2.45, 2.75) is 43.9 Å². The summed E-state index contributed by atoms with van der Waals surface area (Å²) in [4.78, 5) is 15.0. The van der Waals surface area contributed by atoms with Gasteiger partial charge < -0.3 is 9.64 Å². The first-order valence-electron chi connectivity index (χ1n) is 10.9. The minimum Gasteiger partial charge on any atom is -0.496 e. The molecule has 3 rings (SSSR count). The smallest absolute Gasteiger partial charge is 0.243 e. The van der Waals surface area contributed by atoms with E-state index in [1.165, 1.54) is 4.31 Å². The molecule has 2 aromatic rings. The number of aryl methyl sites for hydroxylation is 1. The molecule has 0 unspecified atom stereocenters. The maximum absolute atomic E-state index is 13.5. The molecular formula is C24H32N2O4S. The highest BCUT2D eigenvalue weighted by Gasteiger charge is 2.29. The highest BCUT2D eigenvalue weighted by Crippen LogP contribution is 2.24. The first kappa shape index (κ1) is 23.3. The Labute approximate surface area is 185 Å². The van der Waals surface area contributed by atoms with Crippen LogP contribution >= 0.6 is 0 Å². The van der Waals surface area contributed by atoms with Crippen LogP contribution in [0.15, 0.2) is 53.4 Å². The molecule has 1 amide bonds. The molecule has 1 aliphatic heterocycles. The summed E-state index contributed by atoms with van der Waals surface area (Å²) in [7, 11) is -2.27. The summed E-state index contributed by atoms with van der Waals surface area (Å²) < 4.78 is 33.6. The third-order valence-corrected chi connectivity index (χ3v) is 7.61. The monoisotopic (exact) mass is 444 g/mol. The van der Waals surface area contributed by atoms with Crippen LogP contribution in [0.3, 0.4) is 0 Å². The average Bonchev–Trinajstić information content (AvgIpc) is 3.06. The Bertz CT molecular complexity index is 968. The van der Waals surface area contributed by atoms with E-state index in [0.29, 0.717) is 25.3 Å². The van der Waals surface area contributed by atoms with Gasteiger partial charge in [0.2, 0.25) is 15.9 Å². The SMILES string of the molecule is COc1ccc(S(=O)(=O)N(CCc2ccccc2)CC(=O)N2CCCCCC2)cc1C. The summed E-state index contributed by atoms with van der Waals surface area (Å²) in [5.41, 5.74) is 1.78. The van der Waals surface area contributed by atoms with Crippen molar-refractivity contribution in [3.63, 3.8) is 0 Å². The molecular weight excluding hydrogens is 412 g/mol. The molecule has 7 heteroatoms. The van der Waals surface area contributed by atoms with Gasteiger partial charge in [0, 0.05) is 19.6 Å². The van der Waals surface area contributed by atoms with Gasteiger partial charge in [-0.3, -0.25) is 4.79 Å². The zero-order valence-electron chi connectivity index (χ0n) is 18.4. The van der Waals surface area contributed by atoms with Crippen molar-refractivity contribution in [3.05, 3.63) is 59.7 Å². The van der Waals surface area contributed by atoms with Crippen LogP contribution in [0, 0.1) is 6.92 Å². The van der Waals surface area contributed by atoms with Crippen molar-refractivity contribution in [3.8, 4) is 5.75 Å². The fourth-order valence-electron chi connectivity index (χ4n) is 3.91. The van der Waals surface area contributed by atoms with Crippen LogP contribution in [0.25, 0.3) is 0 Å². The van der Waals surface area contributed by atoms with Gasteiger partial charge in [-0.1, -0.05) is 43.2 Å². The lowest BCUT2D eigenvalue weighted by Crippen LogP contribution is -2.44. The van der Waals surface area contributed by atoms with Crippen LogP contribution in [0.2, 0.25) is 0 Å². The summed E-state index contributed by atoms with van der Waals surface area (Å²) >= 11 is 0. The summed E-state index contributed by atoms with van der Waals surface area (Å²) in [6.45, 7) is 3.33. The zero-order chi connectivity index (χ0) is 22.3. The predicted octanol–water partition coefficient (Wildman–Crippen LogP) is 3.64. The highest BCUT2D eigenvalue weighted by molar-refractivity contribution is 7.89. The van der Waals surface area contributed by atoms with E-state index >= 15 is 0 Å². The van der Waals surface area contributed by atoms with E-state index in [1.807, 2.05) is 42.2 Å². The molecule has 168 valence electrons. The van der Waals surface area contributed by atoms with Crippen LogP contribution in [-0.4, -0.2) is 56.8 Å². The second-order valence-electron chi connectivity index (χ2n) is 8.00. The minimum atomic E-state index is -3.83. The molecule has 6 nitrogen and oxygen atoms in total. The number of amides is 1. The lowest BCUT2D eigenvalue weighted by molar-refractivity contribution is -0.131. The Morgan fingerprint density at radius 3 is 2.32 bits per heavy atom. The van der Waals surface area contributed by atoms with Gasteiger partial charge in [0.25, 0.3) is 0 Å². The van der Waals surface area contributed by atoms with Gasteiger partial charge in [0.15, 0.2) is 0 Å². The molecule has 0 bridgehead atoms. The van der Waals surface area contributed by atoms with Gasteiger partial charge in [0.1, 0.15) is 5.75 Å². The molecule has 1 fully saturated rings. The average molecular weight is 445 g/mol. The summed E-state index contributed by atoms with van der Waals surface area (Å²) in [6.07, 6.45) is 4.72. The van der Waals surface area contributed by atoms with Crippen LogP contribution in [0.1, 0.15) is 36.8 Å². The lowest BCUT2D eigenvalue weighted by Gasteiger charge is -2.26. The third kappa shape index (κ3) is 6.08. The molecule has 1 saturated heterocycles. The number of carbonyl (C=O) groups is 1. The van der Waals surface area contributed by atoms with Gasteiger partial charge in [-0.25, -0.2) is 8.42 Å². The van der Waals surface area contributed by atoms with Crippen LogP contribution < -0.4 is 4.74 Å². The van der Waals surface area contributed by atoms with E-state index in [-0.39, 0.29) is 23.9 Å². The van der Waals surface area contributed by atoms with Crippen molar-refractivity contribution in [2.75, 3.05) is 33.3 Å². The Kier molecular flexibility index (Phi) is 8.09. The highest BCUT2D eigenvalue weighted by atomic mass is 32.2. The number of carbonyl (C=O) groups excluding carboxylic acids is 1. The van der Waals surface area contributed by atoms with Gasteiger partial charge in [-0.15, -0.1) is 0 Å². The molecule has 0 N–H and O–H groups in total. The van der Waals surface area contributed by atoms with Gasteiger partial charge in [-0.2, -0.15) is 4.31 Å². The Hall–Kier alpha value is -2.38. The summed E-state index contributed by atoms with van der Waals surface area (Å²) in [6, 6.07) is 14.6. The number of hydrogen-bond donors (Lipinski definition) is 0. The van der Waals surface area contributed by atoms with E-state index in [1.54, 1.807) is 25.3 Å². The number of rotatable bonds is 8. The van der Waals surface area contributed by atoms with Crippen molar-refractivity contribution in [1.82, 2.24) is 9.21 Å². The molecule has 1 heterocycles. The normalized spacial score (nSPS) is 15.0. The standard InChI is InChI=1S/C24H32N2O4S/c1-20-18-22(12-13-23(20)30-2)31(28,29)26(17-14-21-10-6-5-7-11-21)19-24(27)25-15-8-3-4-9-16-25/h5-7,10-13,18H,3-4,8-9,14-17,19H2,1-2H3. The summed E-state index contributed by atoms with van der Waals surface area (Å²) in [5, 5.41) is 0. The topological polar surface area (TPSA) is 66.9 Å². The fraction of sp³-hybridized carbons (Fsp3) is 0.458. The third-order valence-electron chi connectivity index (χ3n) is 5.77. The predicted molar refractivity (Wildman–Crippen MR) is 122 cm³/mol. The van der Waals surface area contributed by atoms with Crippen molar-refractivity contribution in [1.29, 1.82) is 0 Å². The number of sulfonamides is 1. The molecule has 0 atom stereocenters. The first-order valence-corrected chi connectivity index (χ1v) is 12.3. The summed E-state index contributed by atoms with van der Waals surface area (Å²) in [5.74, 6) is 0.513. The molecule has 0 aliphatic carbocycles. The Balaban J connectivity index is 1.84. The zero-order valence-corrected chi connectivity index (χ0v) is 19.2. The van der Waals surface area contributed by atoms with Crippen molar-refractivity contribution < 1.29 is 17.9 Å². The molecule has 0 spiro atoms. The van der Waals surface area contributed by atoms with E-state index in [9.17, 15) is 13.2 Å². The van der Waals surface area contributed by atoms with Gasteiger partial charge >= 0.3 is 0 Å². The second-order valence-corrected chi connectivity index (χ2v) is 9.94. The van der Waals surface area contributed by atoms with E-state index in [2.05, 4.69) is 0 Å². The minimum absolute atomic E-state index is 0.122. The van der Waals surface area contributed by atoms with E-state index < -0.39 is 10.0 Å². The molecule has 1 aliphatic rings. The molecule has 0 radical (unpaired) electrons. The second kappa shape index (κ2) is 10.8. The van der Waals surface area contributed by atoms with E-state index in [4.69, 9.17) is 4.74 Å². The first-order chi connectivity index (χ1) is 14.9. The van der Waals surface area contributed by atoms with E-state index in [0.717, 1.165) is 36.8 Å². The number of ether oxygens (including phenoxy) is 1. The van der Waals surface area contributed by atoms with Crippen LogP contribution in [0.5, 0.6) is 5.75 Å². The van der Waals surface area contributed by atoms with Gasteiger partial charge in [0.05, 0.1) is 18.6 Å². The largest absolute Gasteiger partial charge is 0.496 e. The molecule has 31 heavy (non-hydrogen) atoms. The maximum Gasteiger partial charge on any atom is 0.243 e. The number of nitrogens with zero attached hydrogens (tertiary/aromatic N) is 2. The van der Waals surface area contributed by atoms with Crippen molar-refractivity contribution in [2.24, 2.45) is 0 Å². The maximum atomic E-state index is 13.5.